The van der Waals surface area contributed by atoms with Crippen LogP contribution >= 0.6 is 15.9 Å². The highest BCUT2D eigenvalue weighted by Gasteiger charge is 2.72. The van der Waals surface area contributed by atoms with Gasteiger partial charge in [-0.1, -0.05) is 59.5 Å². The highest BCUT2D eigenvalue weighted by molar-refractivity contribution is 9.10. The topological polar surface area (TPSA) is 97.0 Å². The molecule has 4 aliphatic rings. The van der Waals surface area contributed by atoms with Gasteiger partial charge in [-0.3, -0.25) is 14.4 Å². The Morgan fingerprint density at radius 3 is 2.46 bits per heavy atom. The number of hydrogen-bond donors (Lipinski definition) is 2. The lowest BCUT2D eigenvalue weighted by Gasteiger charge is -2.34. The Labute approximate surface area is 236 Å². The lowest BCUT2D eigenvalue weighted by Crippen LogP contribution is -2.56. The highest BCUT2D eigenvalue weighted by Crippen LogP contribution is 2.55. The van der Waals surface area contributed by atoms with Crippen molar-refractivity contribution in [3.63, 3.8) is 0 Å². The molecule has 204 valence electrons. The largest absolute Gasteiger partial charge is 0.497 e. The minimum Gasteiger partial charge on any atom is -0.497 e. The first kappa shape index (κ1) is 26.1. The van der Waals surface area contributed by atoms with Crippen molar-refractivity contribution in [3.8, 4) is 5.75 Å². The van der Waals surface area contributed by atoms with E-state index in [4.69, 9.17) is 9.47 Å². The first-order chi connectivity index (χ1) is 18.9. The van der Waals surface area contributed by atoms with Crippen molar-refractivity contribution in [1.29, 1.82) is 0 Å². The second-order valence-corrected chi connectivity index (χ2v) is 11.8. The molecule has 5 atom stereocenters. The SMILES string of the molecule is COc1ccc(CN2C(=O)[C@H]3[C@@H](C(=O)Nc4ccc(Br)cc4)[C@H]4C=C[C@@]3(O4)[C@@H]2C(=O)NC2CCCCC2)cc1. The van der Waals surface area contributed by atoms with Gasteiger partial charge in [0.05, 0.1) is 25.0 Å². The minimum atomic E-state index is -1.19. The van der Waals surface area contributed by atoms with Crippen LogP contribution in [-0.4, -0.2) is 53.5 Å². The van der Waals surface area contributed by atoms with Gasteiger partial charge in [0, 0.05) is 22.7 Å². The second kappa shape index (κ2) is 10.4. The number of nitrogens with one attached hydrogen (secondary N) is 2. The normalized spacial score (nSPS) is 29.4. The standard InChI is InChI=1S/C30H32BrN3O5/c1-38-22-13-7-18(8-14-22)17-34-26(28(36)33-20-5-3-2-4-6-20)30-16-15-23(39-30)24(25(30)29(34)37)27(35)32-21-11-9-19(31)10-12-21/h7-16,20,23-26H,2-6,17H2,1H3,(H,32,35)(H,33,36)/t23-,24+,25-,26+,30+/m1/s1. The van der Waals surface area contributed by atoms with Gasteiger partial charge in [0.1, 0.15) is 17.4 Å². The van der Waals surface area contributed by atoms with Crippen LogP contribution in [0.2, 0.25) is 0 Å². The number of halogens is 1. The van der Waals surface area contributed by atoms with Gasteiger partial charge in [-0.15, -0.1) is 0 Å². The predicted octanol–water partition coefficient (Wildman–Crippen LogP) is 4.20. The van der Waals surface area contributed by atoms with E-state index in [-0.39, 0.29) is 30.3 Å². The average molecular weight is 595 g/mol. The van der Waals surface area contributed by atoms with E-state index in [1.807, 2.05) is 48.6 Å². The van der Waals surface area contributed by atoms with Crippen LogP contribution < -0.4 is 15.4 Å². The summed E-state index contributed by atoms with van der Waals surface area (Å²) in [4.78, 5) is 43.3. The number of hydrogen-bond acceptors (Lipinski definition) is 5. The molecule has 3 aliphatic heterocycles. The van der Waals surface area contributed by atoms with E-state index in [1.165, 1.54) is 6.42 Å². The monoisotopic (exact) mass is 593 g/mol. The average Bonchev–Trinajstić information content (AvgIpc) is 3.58. The summed E-state index contributed by atoms with van der Waals surface area (Å²) in [6.45, 7) is 0.229. The van der Waals surface area contributed by atoms with Crippen molar-refractivity contribution in [2.75, 3.05) is 12.4 Å². The van der Waals surface area contributed by atoms with Crippen molar-refractivity contribution in [2.24, 2.45) is 11.8 Å². The molecule has 2 N–H and O–H groups in total. The van der Waals surface area contributed by atoms with Gasteiger partial charge < -0.3 is 25.0 Å². The molecule has 0 unspecified atom stereocenters. The number of carbonyl (C=O) groups is 3. The van der Waals surface area contributed by atoms with Crippen LogP contribution in [0.4, 0.5) is 5.69 Å². The summed E-state index contributed by atoms with van der Waals surface area (Å²) in [6.07, 6.45) is 8.31. The van der Waals surface area contributed by atoms with E-state index in [0.29, 0.717) is 11.4 Å². The number of benzene rings is 2. The Balaban J connectivity index is 1.31. The first-order valence-corrected chi connectivity index (χ1v) is 14.4. The van der Waals surface area contributed by atoms with E-state index in [9.17, 15) is 14.4 Å². The summed E-state index contributed by atoms with van der Waals surface area (Å²) in [5.41, 5.74) is 0.316. The molecule has 2 aromatic carbocycles. The summed E-state index contributed by atoms with van der Waals surface area (Å²) >= 11 is 3.41. The molecule has 1 saturated carbocycles. The van der Waals surface area contributed by atoms with Crippen molar-refractivity contribution in [1.82, 2.24) is 10.2 Å². The van der Waals surface area contributed by atoms with Gasteiger partial charge in [0.25, 0.3) is 0 Å². The van der Waals surface area contributed by atoms with Crippen molar-refractivity contribution >= 4 is 39.3 Å². The maximum Gasteiger partial charge on any atom is 0.246 e. The third-order valence-electron chi connectivity index (χ3n) is 8.50. The molecule has 8 nitrogen and oxygen atoms in total. The number of ether oxygens (including phenoxy) is 2. The predicted molar refractivity (Wildman–Crippen MR) is 149 cm³/mol. The van der Waals surface area contributed by atoms with Crippen LogP contribution in [-0.2, 0) is 25.7 Å². The number of carbonyl (C=O) groups excluding carboxylic acids is 3. The van der Waals surface area contributed by atoms with Crippen molar-refractivity contribution in [2.45, 2.75) is 62.4 Å². The quantitative estimate of drug-likeness (QED) is 0.469. The van der Waals surface area contributed by atoms with Gasteiger partial charge in [0.15, 0.2) is 0 Å². The van der Waals surface area contributed by atoms with E-state index in [2.05, 4.69) is 26.6 Å². The van der Waals surface area contributed by atoms with Crippen molar-refractivity contribution < 1.29 is 23.9 Å². The molecule has 39 heavy (non-hydrogen) atoms. The molecular formula is C30H32BrN3O5. The molecule has 0 aromatic heterocycles. The van der Waals surface area contributed by atoms with Gasteiger partial charge in [0.2, 0.25) is 17.7 Å². The summed E-state index contributed by atoms with van der Waals surface area (Å²) in [5.74, 6) is -1.56. The smallest absolute Gasteiger partial charge is 0.246 e. The maximum atomic E-state index is 14.1. The van der Waals surface area contributed by atoms with Gasteiger partial charge >= 0.3 is 0 Å². The molecule has 1 spiro atoms. The Kier molecular flexibility index (Phi) is 6.97. The maximum absolute atomic E-state index is 14.1. The zero-order valence-electron chi connectivity index (χ0n) is 21.8. The molecule has 3 heterocycles. The Bertz CT molecular complexity index is 1290. The summed E-state index contributed by atoms with van der Waals surface area (Å²) < 4.78 is 12.6. The zero-order valence-corrected chi connectivity index (χ0v) is 23.4. The number of methoxy groups -OCH3 is 1. The number of likely N-dealkylation sites (tertiary alicyclic amines) is 1. The summed E-state index contributed by atoms with van der Waals surface area (Å²) in [5, 5.41) is 6.18. The fourth-order valence-electron chi connectivity index (χ4n) is 6.65. The number of amides is 3. The molecule has 2 aromatic rings. The van der Waals surface area contributed by atoms with Crippen LogP contribution in [0.5, 0.6) is 5.75 Å². The minimum absolute atomic E-state index is 0.0821. The Hall–Kier alpha value is -3.17. The highest BCUT2D eigenvalue weighted by atomic mass is 79.9. The van der Waals surface area contributed by atoms with E-state index in [1.54, 1.807) is 24.1 Å². The molecular weight excluding hydrogens is 562 g/mol. The van der Waals surface area contributed by atoms with Crippen LogP contribution in [0, 0.1) is 11.8 Å². The fraction of sp³-hybridized carbons (Fsp3) is 0.433. The number of anilines is 1. The van der Waals surface area contributed by atoms with Gasteiger partial charge in [-0.25, -0.2) is 0 Å². The summed E-state index contributed by atoms with van der Waals surface area (Å²) in [7, 11) is 1.60. The molecule has 3 fully saturated rings. The zero-order chi connectivity index (χ0) is 27.1. The second-order valence-electron chi connectivity index (χ2n) is 10.9. The molecule has 9 heteroatoms. The van der Waals surface area contributed by atoms with Crippen LogP contribution in [0.1, 0.15) is 37.7 Å². The third-order valence-corrected chi connectivity index (χ3v) is 9.03. The number of fused-ring (bicyclic) bond motifs is 1. The Morgan fingerprint density at radius 1 is 1.05 bits per heavy atom. The molecule has 0 radical (unpaired) electrons. The van der Waals surface area contributed by atoms with Crippen LogP contribution in [0.25, 0.3) is 0 Å². The molecule has 3 amide bonds. The van der Waals surface area contributed by atoms with Crippen molar-refractivity contribution in [3.05, 3.63) is 70.7 Å². The van der Waals surface area contributed by atoms with Gasteiger partial charge in [-0.2, -0.15) is 0 Å². The fourth-order valence-corrected chi connectivity index (χ4v) is 6.92. The lowest BCUT2D eigenvalue weighted by atomic mass is 9.74. The van der Waals surface area contributed by atoms with Crippen LogP contribution in [0.15, 0.2) is 65.2 Å². The van der Waals surface area contributed by atoms with Gasteiger partial charge in [-0.05, 0) is 54.8 Å². The third kappa shape index (κ3) is 4.65. The van der Waals surface area contributed by atoms with Crippen LogP contribution in [0.3, 0.4) is 0 Å². The van der Waals surface area contributed by atoms with E-state index < -0.39 is 29.6 Å². The molecule has 2 bridgehead atoms. The molecule has 6 rings (SSSR count). The summed E-state index contributed by atoms with van der Waals surface area (Å²) in [6, 6.07) is 14.0. The number of rotatable bonds is 7. The first-order valence-electron chi connectivity index (χ1n) is 13.6. The molecule has 2 saturated heterocycles. The lowest BCUT2D eigenvalue weighted by molar-refractivity contribution is -0.142. The van der Waals surface area contributed by atoms with E-state index in [0.717, 1.165) is 35.7 Å². The van der Waals surface area contributed by atoms with E-state index >= 15 is 0 Å². The molecule has 1 aliphatic carbocycles. The number of nitrogens with zero attached hydrogens (tertiary/aromatic N) is 1. The Morgan fingerprint density at radius 2 is 1.77 bits per heavy atom.